The van der Waals surface area contributed by atoms with Crippen LogP contribution in [0.25, 0.3) is 0 Å². The molecule has 1 saturated heterocycles. The number of likely N-dealkylation sites (tertiary alicyclic amines) is 1. The molecule has 11 nitrogen and oxygen atoms in total. The van der Waals surface area contributed by atoms with E-state index in [1.807, 2.05) is 34.6 Å². The number of carbonyl (C=O) groups excluding carboxylic acids is 3. The highest BCUT2D eigenvalue weighted by Gasteiger charge is 2.46. The number of unbranched alkanes of at least 4 members (excludes halogenated alkanes) is 1. The first-order valence-corrected chi connectivity index (χ1v) is 22.0. The van der Waals surface area contributed by atoms with E-state index >= 15 is 0 Å². The monoisotopic (exact) mass is 736 g/mol. The van der Waals surface area contributed by atoms with Crippen LogP contribution in [-0.4, -0.2) is 96.7 Å². The van der Waals surface area contributed by atoms with Gasteiger partial charge in [0.05, 0.1) is 24.8 Å². The summed E-state index contributed by atoms with van der Waals surface area (Å²) in [7, 11) is -1.95. The number of hydroxylamine groups is 2. The Balaban J connectivity index is 2.34. The molecule has 1 aromatic rings. The number of hydrogen-bond acceptors (Lipinski definition) is 10. The first-order chi connectivity index (χ1) is 23.3. The lowest BCUT2D eigenvalue weighted by Gasteiger charge is -2.40. The van der Waals surface area contributed by atoms with E-state index in [1.54, 1.807) is 12.3 Å². The number of rotatable bonds is 20. The van der Waals surface area contributed by atoms with Crippen molar-refractivity contribution in [3.63, 3.8) is 0 Å². The summed E-state index contributed by atoms with van der Waals surface area (Å²) in [4.78, 5) is 53.7. The van der Waals surface area contributed by atoms with Crippen molar-refractivity contribution in [3.8, 4) is 12.3 Å². The summed E-state index contributed by atoms with van der Waals surface area (Å²) < 4.78 is 11.5. The van der Waals surface area contributed by atoms with Gasteiger partial charge in [0.25, 0.3) is 5.91 Å². The Labute approximate surface area is 306 Å². The van der Waals surface area contributed by atoms with E-state index in [-0.39, 0.29) is 54.0 Å². The molecule has 13 heteroatoms. The van der Waals surface area contributed by atoms with Gasteiger partial charge in [-0.25, -0.2) is 14.8 Å². The van der Waals surface area contributed by atoms with Crippen LogP contribution < -0.4 is 5.32 Å². The fraction of sp³-hybridized carbons (Fsp3) is 0.784. The van der Waals surface area contributed by atoms with Gasteiger partial charge in [-0.3, -0.25) is 19.3 Å². The van der Waals surface area contributed by atoms with E-state index < -0.39 is 38.0 Å². The molecule has 1 aliphatic rings. The van der Waals surface area contributed by atoms with Gasteiger partial charge in [-0.1, -0.05) is 54.9 Å². The molecule has 1 aromatic heterocycles. The fourth-order valence-electron chi connectivity index (χ4n) is 5.75. The van der Waals surface area contributed by atoms with Crippen molar-refractivity contribution in [1.29, 1.82) is 0 Å². The number of carbonyl (C=O) groups is 3. The molecule has 284 valence electrons. The number of aliphatic hydroxyl groups excluding tert-OH is 1. The van der Waals surface area contributed by atoms with Crippen LogP contribution in [0.2, 0.25) is 18.1 Å². The van der Waals surface area contributed by atoms with E-state index in [9.17, 15) is 19.5 Å². The Bertz CT molecular complexity index is 1290. The predicted octanol–water partition coefficient (Wildman–Crippen LogP) is 6.35. The molecule has 50 heavy (non-hydrogen) atoms. The van der Waals surface area contributed by atoms with Gasteiger partial charge < -0.3 is 19.6 Å². The third-order valence-corrected chi connectivity index (χ3v) is 15.9. The van der Waals surface area contributed by atoms with Crippen molar-refractivity contribution in [1.82, 2.24) is 20.3 Å². The lowest BCUT2D eigenvalue weighted by atomic mass is 9.92. The lowest BCUT2D eigenvalue weighted by molar-refractivity contribution is -0.212. The van der Waals surface area contributed by atoms with Crippen molar-refractivity contribution >= 4 is 37.4 Å². The summed E-state index contributed by atoms with van der Waals surface area (Å²) in [6, 6.07) is -1.44. The van der Waals surface area contributed by atoms with Gasteiger partial charge in [-0.2, -0.15) is 0 Å². The summed E-state index contributed by atoms with van der Waals surface area (Å²) in [5, 5.41) is 17.8. The van der Waals surface area contributed by atoms with Gasteiger partial charge >= 0.3 is 5.97 Å². The summed E-state index contributed by atoms with van der Waals surface area (Å²) in [6.45, 7) is 25.0. The number of aromatic nitrogens is 1. The molecule has 0 bridgehead atoms. The number of ether oxygens (including phenoxy) is 1. The Morgan fingerprint density at radius 3 is 2.48 bits per heavy atom. The van der Waals surface area contributed by atoms with E-state index in [2.05, 4.69) is 55.0 Å². The second-order valence-electron chi connectivity index (χ2n) is 15.5. The molecular formula is C37H64N4O7SSi. The Kier molecular flexibility index (Phi) is 17.1. The normalized spacial score (nSPS) is 19.4. The second-order valence-corrected chi connectivity index (χ2v) is 21.2. The van der Waals surface area contributed by atoms with Crippen LogP contribution in [0.4, 0.5) is 0 Å². The van der Waals surface area contributed by atoms with E-state index in [4.69, 9.17) is 20.4 Å². The Hall–Kier alpha value is -2.34. The van der Waals surface area contributed by atoms with Crippen molar-refractivity contribution in [2.24, 2.45) is 11.8 Å². The number of terminal acetylenes is 1. The van der Waals surface area contributed by atoms with Gasteiger partial charge in [0, 0.05) is 31.4 Å². The van der Waals surface area contributed by atoms with Gasteiger partial charge in [-0.05, 0) is 69.6 Å². The lowest BCUT2D eigenvalue weighted by Crippen LogP contribution is -2.61. The average Bonchev–Trinajstić information content (AvgIpc) is 3.69. The number of amides is 2. The van der Waals surface area contributed by atoms with E-state index in [0.717, 1.165) is 24.3 Å². The molecule has 1 aliphatic heterocycles. The van der Waals surface area contributed by atoms with E-state index in [1.165, 1.54) is 5.06 Å². The van der Waals surface area contributed by atoms with Gasteiger partial charge in [0.15, 0.2) is 14.0 Å². The minimum absolute atomic E-state index is 0.0904. The first kappa shape index (κ1) is 43.8. The Morgan fingerprint density at radius 2 is 1.90 bits per heavy atom. The van der Waals surface area contributed by atoms with Crippen LogP contribution in [0.1, 0.15) is 122 Å². The number of thiazole rings is 1. The molecule has 0 saturated carbocycles. The molecule has 2 heterocycles. The molecule has 0 aliphatic carbocycles. The summed E-state index contributed by atoms with van der Waals surface area (Å²) >= 11 is 1.16. The topological polar surface area (TPSA) is 131 Å². The predicted molar refractivity (Wildman–Crippen MR) is 201 cm³/mol. The number of nitrogens with zero attached hydrogens (tertiary/aromatic N) is 3. The minimum atomic E-state index is -1.95. The molecule has 0 aromatic carbocycles. The van der Waals surface area contributed by atoms with Crippen LogP contribution in [0, 0.1) is 24.2 Å². The third kappa shape index (κ3) is 11.6. The van der Waals surface area contributed by atoms with Crippen LogP contribution in [-0.2, 0) is 23.6 Å². The molecule has 4 unspecified atom stereocenters. The summed E-state index contributed by atoms with van der Waals surface area (Å²) in [6.07, 6.45) is 7.73. The fourth-order valence-corrected chi connectivity index (χ4v) is 7.57. The largest absolute Gasteiger partial charge is 0.461 e. The quantitative estimate of drug-likeness (QED) is 0.0517. The molecule has 2 amide bonds. The smallest absolute Gasteiger partial charge is 0.357 e. The standard InChI is InChI=1S/C37H64N4O7SSi/c1-13-16-17-22-47-41(29(26(4)5)24-30(42)32-38-28(25-49-32)34(44)46-15-3)33(43)31(27(6)14-2)39-35(45)37(10)19-18-20-40(37)21-23-48-50(11,12)36(7,8)9/h1,25-27,29-31,42H,14-24H2,2-12H3,(H,39,45)/t27?,29?,30?,31?,37-/m1/s1. The molecule has 2 rings (SSSR count). The van der Waals surface area contributed by atoms with Crippen LogP contribution in [0.15, 0.2) is 5.38 Å². The SMILES string of the molecule is C#CCCCON(C(=O)C(NC(=O)[C@@]1(C)CCCN1CCO[Si](C)(C)C(C)(C)C)C(C)CC)C(CC(O)c1nc(C(=O)OCC)cs1)C(C)C. The summed E-state index contributed by atoms with van der Waals surface area (Å²) in [5.74, 6) is 1.15. The molecule has 2 N–H and O–H groups in total. The maximum atomic E-state index is 14.6. The molecule has 1 fully saturated rings. The minimum Gasteiger partial charge on any atom is -0.461 e. The van der Waals surface area contributed by atoms with Gasteiger partial charge in [0.1, 0.15) is 17.2 Å². The summed E-state index contributed by atoms with van der Waals surface area (Å²) in [5.41, 5.74) is -0.665. The molecule has 5 atom stereocenters. The number of aliphatic hydroxyl groups is 1. The zero-order valence-electron chi connectivity index (χ0n) is 32.5. The third-order valence-electron chi connectivity index (χ3n) is 10.4. The van der Waals surface area contributed by atoms with Crippen molar-refractivity contribution < 1.29 is 33.5 Å². The van der Waals surface area contributed by atoms with Gasteiger partial charge in [-0.15, -0.1) is 23.7 Å². The zero-order valence-corrected chi connectivity index (χ0v) is 34.3. The Morgan fingerprint density at radius 1 is 1.22 bits per heavy atom. The number of hydrogen-bond donors (Lipinski definition) is 2. The molecule has 0 spiro atoms. The maximum absolute atomic E-state index is 14.6. The van der Waals surface area contributed by atoms with Crippen molar-refractivity contribution in [2.75, 3.05) is 32.9 Å². The van der Waals surface area contributed by atoms with Crippen molar-refractivity contribution in [3.05, 3.63) is 16.1 Å². The molecule has 0 radical (unpaired) electrons. The highest BCUT2D eigenvalue weighted by molar-refractivity contribution is 7.09. The van der Waals surface area contributed by atoms with Gasteiger partial charge in [0.2, 0.25) is 5.91 Å². The van der Waals surface area contributed by atoms with Crippen molar-refractivity contribution in [2.45, 2.75) is 143 Å². The average molecular weight is 737 g/mol. The van der Waals surface area contributed by atoms with Crippen LogP contribution in [0.5, 0.6) is 0 Å². The number of nitrogens with one attached hydrogen (secondary N) is 1. The number of esters is 1. The maximum Gasteiger partial charge on any atom is 0.357 e. The van der Waals surface area contributed by atoms with E-state index in [0.29, 0.717) is 43.8 Å². The highest BCUT2D eigenvalue weighted by atomic mass is 32.1. The highest BCUT2D eigenvalue weighted by Crippen LogP contribution is 2.37. The second kappa shape index (κ2) is 19.5. The van der Waals surface area contributed by atoms with Crippen LogP contribution >= 0.6 is 11.3 Å². The molecular weight excluding hydrogens is 673 g/mol. The first-order valence-electron chi connectivity index (χ1n) is 18.2. The van der Waals surface area contributed by atoms with Crippen LogP contribution in [0.3, 0.4) is 0 Å². The zero-order chi connectivity index (χ0) is 37.9.